The molecule has 1 aliphatic rings. The number of nitrogens with zero attached hydrogens (tertiary/aromatic N) is 2. The minimum absolute atomic E-state index is 0.0776. The average molecular weight is 541 g/mol. The van der Waals surface area contributed by atoms with E-state index in [0.29, 0.717) is 31.3 Å². The minimum Gasteiger partial charge on any atom is -0.451 e. The second-order valence-corrected chi connectivity index (χ2v) is 11.7. The first-order valence-electron chi connectivity index (χ1n) is 12.7. The predicted octanol–water partition coefficient (Wildman–Crippen LogP) is 2.90. The van der Waals surface area contributed by atoms with Gasteiger partial charge in [0.05, 0.1) is 12.6 Å². The largest absolute Gasteiger partial charge is 0.451 e. The van der Waals surface area contributed by atoms with Crippen LogP contribution in [0.25, 0.3) is 11.0 Å². The molecule has 1 unspecified atom stereocenters. The normalized spacial score (nSPS) is 18.1. The Morgan fingerprint density at radius 2 is 1.89 bits per heavy atom. The molecule has 3 aromatic rings. The smallest absolute Gasteiger partial charge is 0.287 e. The van der Waals surface area contributed by atoms with E-state index in [4.69, 9.17) is 4.42 Å². The zero-order valence-electron chi connectivity index (χ0n) is 21.4. The van der Waals surface area contributed by atoms with Gasteiger partial charge in [-0.2, -0.15) is 4.31 Å². The monoisotopic (exact) mass is 540 g/mol. The fourth-order valence-electron chi connectivity index (χ4n) is 4.45. The van der Waals surface area contributed by atoms with Crippen molar-refractivity contribution < 1.29 is 27.2 Å². The van der Waals surface area contributed by atoms with E-state index < -0.39 is 39.7 Å². The summed E-state index contributed by atoms with van der Waals surface area (Å²) >= 11 is 0. The molecule has 3 heterocycles. The molecule has 4 rings (SSSR count). The molecule has 1 fully saturated rings. The van der Waals surface area contributed by atoms with E-state index in [9.17, 15) is 22.8 Å². The van der Waals surface area contributed by atoms with Crippen LogP contribution in [0, 0.1) is 5.92 Å². The summed E-state index contributed by atoms with van der Waals surface area (Å²) in [6.45, 7) is 3.67. The number of fused-ring (bicyclic) bond motifs is 1. The van der Waals surface area contributed by atoms with E-state index in [1.165, 1.54) is 12.3 Å². The zero-order valence-corrected chi connectivity index (χ0v) is 22.2. The molecule has 11 heteroatoms. The van der Waals surface area contributed by atoms with Gasteiger partial charge in [0.15, 0.2) is 16.6 Å². The van der Waals surface area contributed by atoms with Gasteiger partial charge in [-0.3, -0.25) is 14.4 Å². The number of rotatable bonds is 8. The molecule has 1 aromatic carbocycles. The molecule has 0 aliphatic carbocycles. The number of nitrogens with one attached hydrogen (secondary N) is 2. The Labute approximate surface area is 221 Å². The van der Waals surface area contributed by atoms with Crippen LogP contribution in [0.4, 0.5) is 0 Å². The van der Waals surface area contributed by atoms with E-state index in [2.05, 4.69) is 15.6 Å². The third-order valence-electron chi connectivity index (χ3n) is 6.41. The molecule has 0 saturated carbocycles. The molecule has 2 amide bonds. The highest BCUT2D eigenvalue weighted by Gasteiger charge is 2.34. The third-order valence-corrected chi connectivity index (χ3v) is 8.17. The topological polar surface area (TPSA) is 139 Å². The maximum absolute atomic E-state index is 13.3. The van der Waals surface area contributed by atoms with Crippen LogP contribution in [0.3, 0.4) is 0 Å². The third kappa shape index (κ3) is 6.46. The lowest BCUT2D eigenvalue weighted by Gasteiger charge is -2.28. The molecule has 0 bridgehead atoms. The second-order valence-electron chi connectivity index (χ2n) is 9.83. The molecule has 202 valence electrons. The van der Waals surface area contributed by atoms with Crippen molar-refractivity contribution in [2.45, 2.75) is 56.6 Å². The van der Waals surface area contributed by atoms with Crippen molar-refractivity contribution in [1.82, 2.24) is 19.9 Å². The van der Waals surface area contributed by atoms with Gasteiger partial charge in [0.2, 0.25) is 5.91 Å². The number of carbonyl (C=O) groups excluding carboxylic acids is 3. The Hall–Kier alpha value is -3.57. The fraction of sp³-hybridized carbons (Fsp3) is 0.407. The average Bonchev–Trinajstić information content (AvgIpc) is 3.32. The number of sulfonamides is 1. The summed E-state index contributed by atoms with van der Waals surface area (Å²) in [7, 11) is -3.96. The van der Waals surface area contributed by atoms with Gasteiger partial charge in [0, 0.05) is 18.1 Å². The lowest BCUT2D eigenvalue weighted by Crippen LogP contribution is -2.54. The number of Topliss-reactive ketones (excluding diaryl/α,β-unsaturated/α-hetero) is 1. The Bertz CT molecular complexity index is 1370. The number of hydrogen-bond donors (Lipinski definition) is 2. The summed E-state index contributed by atoms with van der Waals surface area (Å²) in [5.74, 6) is -1.27. The summed E-state index contributed by atoms with van der Waals surface area (Å²) in [6.07, 6.45) is 3.19. The predicted molar refractivity (Wildman–Crippen MR) is 141 cm³/mol. The van der Waals surface area contributed by atoms with Crippen LogP contribution in [-0.2, 0) is 19.6 Å². The Balaban J connectivity index is 1.46. The van der Waals surface area contributed by atoms with Gasteiger partial charge >= 0.3 is 0 Å². The lowest BCUT2D eigenvalue weighted by atomic mass is 10.00. The SMILES string of the molecule is CC(C)C[C@H](NC(=O)c1cc2ccccc2o1)C(=O)NC1CCCCN(S(=O)(=O)c2ccccn2)CC1=O. The maximum atomic E-state index is 13.3. The first-order valence-corrected chi connectivity index (χ1v) is 14.1. The quantitative estimate of drug-likeness (QED) is 0.448. The summed E-state index contributed by atoms with van der Waals surface area (Å²) in [4.78, 5) is 43.3. The number of carbonyl (C=O) groups is 3. The molecule has 2 N–H and O–H groups in total. The summed E-state index contributed by atoms with van der Waals surface area (Å²) < 4.78 is 32.8. The van der Waals surface area contributed by atoms with Crippen LogP contribution < -0.4 is 10.6 Å². The lowest BCUT2D eigenvalue weighted by molar-refractivity contribution is -0.129. The van der Waals surface area contributed by atoms with Crippen LogP contribution in [-0.4, -0.2) is 60.5 Å². The van der Waals surface area contributed by atoms with Gasteiger partial charge < -0.3 is 15.1 Å². The highest BCUT2D eigenvalue weighted by molar-refractivity contribution is 7.89. The fourth-order valence-corrected chi connectivity index (χ4v) is 5.82. The standard InChI is InChI=1S/C27H32N4O6S/c1-18(2)15-21(30-27(34)24-16-19-9-3-4-11-23(19)37-24)26(33)29-20-10-6-8-14-31(17-22(20)32)38(35,36)25-12-5-7-13-28-25/h3-5,7,9,11-13,16,18,20-21H,6,8,10,14-15,17H2,1-2H3,(H,29,33)(H,30,34)/t20?,21-/m0/s1. The molecule has 1 aliphatic heterocycles. The maximum Gasteiger partial charge on any atom is 0.287 e. The second kappa shape index (κ2) is 11.9. The Morgan fingerprint density at radius 3 is 2.61 bits per heavy atom. The van der Waals surface area contributed by atoms with Crippen molar-refractivity contribution in [2.24, 2.45) is 5.92 Å². The molecule has 2 atom stereocenters. The van der Waals surface area contributed by atoms with Crippen molar-refractivity contribution in [3.05, 3.63) is 60.5 Å². The Morgan fingerprint density at radius 1 is 1.13 bits per heavy atom. The summed E-state index contributed by atoms with van der Waals surface area (Å²) in [5, 5.41) is 6.15. The van der Waals surface area contributed by atoms with E-state index in [1.807, 2.05) is 26.0 Å². The molecule has 2 aromatic heterocycles. The van der Waals surface area contributed by atoms with E-state index in [0.717, 1.165) is 9.69 Å². The zero-order chi connectivity index (χ0) is 27.3. The summed E-state index contributed by atoms with van der Waals surface area (Å²) in [5.41, 5.74) is 0.563. The van der Waals surface area contributed by atoms with Gasteiger partial charge in [-0.1, -0.05) is 38.1 Å². The van der Waals surface area contributed by atoms with Gasteiger partial charge in [-0.15, -0.1) is 0 Å². The van der Waals surface area contributed by atoms with Crippen LogP contribution in [0.15, 0.2) is 64.2 Å². The van der Waals surface area contributed by atoms with Gasteiger partial charge in [0.25, 0.3) is 15.9 Å². The van der Waals surface area contributed by atoms with Crippen LogP contribution in [0.2, 0.25) is 0 Å². The summed E-state index contributed by atoms with van der Waals surface area (Å²) in [6, 6.07) is 11.6. The number of aromatic nitrogens is 1. The van der Waals surface area contributed by atoms with E-state index in [1.54, 1.807) is 30.3 Å². The first-order chi connectivity index (χ1) is 18.1. The highest BCUT2D eigenvalue weighted by atomic mass is 32.2. The molecule has 10 nitrogen and oxygen atoms in total. The molecule has 1 saturated heterocycles. The molecule has 38 heavy (non-hydrogen) atoms. The van der Waals surface area contributed by atoms with Gasteiger partial charge in [-0.25, -0.2) is 13.4 Å². The highest BCUT2D eigenvalue weighted by Crippen LogP contribution is 2.20. The number of para-hydroxylation sites is 1. The van der Waals surface area contributed by atoms with Crippen molar-refractivity contribution in [2.75, 3.05) is 13.1 Å². The van der Waals surface area contributed by atoms with E-state index in [-0.39, 0.29) is 29.8 Å². The van der Waals surface area contributed by atoms with Crippen molar-refractivity contribution in [1.29, 1.82) is 0 Å². The van der Waals surface area contributed by atoms with Crippen LogP contribution >= 0.6 is 0 Å². The molecular formula is C27H32N4O6S. The number of ketones is 1. The van der Waals surface area contributed by atoms with Crippen molar-refractivity contribution >= 4 is 38.6 Å². The molecule has 0 spiro atoms. The van der Waals surface area contributed by atoms with Crippen LogP contribution in [0.5, 0.6) is 0 Å². The molecule has 0 radical (unpaired) electrons. The number of benzene rings is 1. The minimum atomic E-state index is -3.96. The van der Waals surface area contributed by atoms with Gasteiger partial charge in [-0.05, 0) is 55.9 Å². The number of pyridine rings is 1. The Kier molecular flexibility index (Phi) is 8.58. The number of amides is 2. The van der Waals surface area contributed by atoms with E-state index >= 15 is 0 Å². The van der Waals surface area contributed by atoms with Crippen molar-refractivity contribution in [3.63, 3.8) is 0 Å². The van der Waals surface area contributed by atoms with Crippen LogP contribution in [0.1, 0.15) is 50.1 Å². The first kappa shape index (κ1) is 27.5. The number of furan rings is 1. The van der Waals surface area contributed by atoms with Crippen molar-refractivity contribution in [3.8, 4) is 0 Å². The van der Waals surface area contributed by atoms with Gasteiger partial charge in [0.1, 0.15) is 11.6 Å². The molecular weight excluding hydrogens is 508 g/mol. The number of hydrogen-bond acceptors (Lipinski definition) is 7.